The van der Waals surface area contributed by atoms with Gasteiger partial charge in [-0.2, -0.15) is 0 Å². The Balaban J connectivity index is 1.99. The lowest BCUT2D eigenvalue weighted by Crippen LogP contribution is -2.37. The van der Waals surface area contributed by atoms with Crippen LogP contribution in [0.3, 0.4) is 0 Å². The monoisotopic (exact) mass is 462 g/mol. The number of carbonyl (C=O) groups excluding carboxylic acids is 1. The van der Waals surface area contributed by atoms with Gasteiger partial charge < -0.3 is 20.6 Å². The van der Waals surface area contributed by atoms with E-state index in [-0.39, 0.29) is 18.0 Å². The molecule has 1 fully saturated rings. The van der Waals surface area contributed by atoms with E-state index in [0.29, 0.717) is 22.9 Å². The molecule has 1 aliphatic carbocycles. The van der Waals surface area contributed by atoms with Crippen LogP contribution in [-0.4, -0.2) is 29.2 Å². The lowest BCUT2D eigenvalue weighted by atomic mass is 9.92. The smallest absolute Gasteiger partial charge is 0.253 e. The van der Waals surface area contributed by atoms with E-state index in [4.69, 9.17) is 5.41 Å². The average Bonchev–Trinajstić information content (AvgIpc) is 2.80. The first-order valence-electron chi connectivity index (χ1n) is 12.4. The number of allylic oxidation sites excluding steroid dienone is 2. The van der Waals surface area contributed by atoms with Crippen LogP contribution in [0.25, 0.3) is 0 Å². The Kier molecular flexibility index (Phi) is 8.48. The van der Waals surface area contributed by atoms with Crippen LogP contribution in [0, 0.1) is 26.2 Å². The van der Waals surface area contributed by atoms with E-state index in [1.54, 1.807) is 12.1 Å². The van der Waals surface area contributed by atoms with E-state index in [0.717, 1.165) is 47.5 Å². The summed E-state index contributed by atoms with van der Waals surface area (Å²) in [6, 6.07) is 6.22. The third-order valence-electron chi connectivity index (χ3n) is 6.85. The van der Waals surface area contributed by atoms with Crippen molar-refractivity contribution in [2.24, 2.45) is 0 Å². The summed E-state index contributed by atoms with van der Waals surface area (Å²) < 4.78 is 0. The van der Waals surface area contributed by atoms with Gasteiger partial charge in [-0.05, 0) is 82.9 Å². The third-order valence-corrected chi connectivity index (χ3v) is 6.85. The molecular weight excluding hydrogens is 424 g/mol. The predicted molar refractivity (Wildman–Crippen MR) is 140 cm³/mol. The Morgan fingerprint density at radius 1 is 1.18 bits per heavy atom. The first-order chi connectivity index (χ1) is 16.3. The lowest BCUT2D eigenvalue weighted by Gasteiger charge is -2.37. The van der Waals surface area contributed by atoms with Crippen molar-refractivity contribution < 1.29 is 4.79 Å². The minimum absolute atomic E-state index is 0.158. The van der Waals surface area contributed by atoms with Gasteiger partial charge in [0.1, 0.15) is 0 Å². The molecule has 1 aromatic carbocycles. The molecule has 0 aliphatic heterocycles. The van der Waals surface area contributed by atoms with Crippen LogP contribution >= 0.6 is 0 Å². The Labute approximate surface area is 203 Å². The lowest BCUT2D eigenvalue weighted by molar-refractivity contribution is 0.0950. The Morgan fingerprint density at radius 3 is 2.50 bits per heavy atom. The van der Waals surface area contributed by atoms with Gasteiger partial charge in [-0.25, -0.2) is 0 Å². The number of aromatic amines is 1. The normalized spacial score (nSPS) is 14.4. The summed E-state index contributed by atoms with van der Waals surface area (Å²) in [6.07, 6.45) is 9.64. The van der Waals surface area contributed by atoms with Gasteiger partial charge in [0, 0.05) is 47.2 Å². The molecular formula is C28H38N4O2. The molecule has 0 bridgehead atoms. The zero-order valence-corrected chi connectivity index (χ0v) is 21.2. The number of amides is 1. The summed E-state index contributed by atoms with van der Waals surface area (Å²) in [4.78, 5) is 31.0. The van der Waals surface area contributed by atoms with Gasteiger partial charge >= 0.3 is 0 Å². The topological polar surface area (TPSA) is 89.0 Å². The van der Waals surface area contributed by atoms with E-state index in [1.807, 2.05) is 39.8 Å². The predicted octanol–water partition coefficient (Wildman–Crippen LogP) is 5.33. The summed E-state index contributed by atoms with van der Waals surface area (Å²) in [5, 5.41) is 11.5. The number of aromatic nitrogens is 1. The van der Waals surface area contributed by atoms with Gasteiger partial charge in [-0.3, -0.25) is 9.59 Å². The Morgan fingerprint density at radius 2 is 1.88 bits per heavy atom. The van der Waals surface area contributed by atoms with Crippen LogP contribution in [0.1, 0.15) is 84.3 Å². The quantitative estimate of drug-likeness (QED) is 0.463. The third kappa shape index (κ3) is 5.66. The second-order valence-corrected chi connectivity index (χ2v) is 9.29. The van der Waals surface area contributed by atoms with Crippen LogP contribution in [-0.2, 0) is 6.54 Å². The number of nitrogens with zero attached hydrogens (tertiary/aromatic N) is 1. The van der Waals surface area contributed by atoms with Crippen LogP contribution in [0.4, 0.5) is 5.69 Å². The fraction of sp³-hybridized carbons (Fsp3) is 0.464. The molecule has 182 valence electrons. The number of H-pyrrole nitrogens is 1. The SMILES string of the molecule is C/C=C\C(=N)c1cc(C(=O)NCc2c(C)cc(C)[nH]c2=O)c(C)c(N(CC)C2CCCCC2)c1. The number of nitrogens with one attached hydrogen (secondary N) is 3. The molecule has 1 saturated carbocycles. The highest BCUT2D eigenvalue weighted by Crippen LogP contribution is 2.32. The van der Waals surface area contributed by atoms with E-state index >= 15 is 0 Å². The molecule has 0 unspecified atom stereocenters. The number of benzene rings is 1. The molecule has 34 heavy (non-hydrogen) atoms. The van der Waals surface area contributed by atoms with Crippen LogP contribution in [0.5, 0.6) is 0 Å². The fourth-order valence-electron chi connectivity index (χ4n) is 5.03. The molecule has 6 heteroatoms. The summed E-state index contributed by atoms with van der Waals surface area (Å²) in [6.45, 7) is 10.8. The van der Waals surface area contributed by atoms with Crippen molar-refractivity contribution in [1.29, 1.82) is 5.41 Å². The first-order valence-corrected chi connectivity index (χ1v) is 12.4. The first kappa shape index (κ1) is 25.5. The maximum absolute atomic E-state index is 13.4. The Bertz CT molecular complexity index is 1140. The van der Waals surface area contributed by atoms with Gasteiger partial charge in [0.05, 0.1) is 5.71 Å². The van der Waals surface area contributed by atoms with Crippen molar-refractivity contribution in [3.05, 3.63) is 74.2 Å². The van der Waals surface area contributed by atoms with Crippen molar-refractivity contribution in [1.82, 2.24) is 10.3 Å². The molecule has 1 heterocycles. The number of hydrogen-bond donors (Lipinski definition) is 3. The summed E-state index contributed by atoms with van der Waals surface area (Å²) >= 11 is 0. The highest BCUT2D eigenvalue weighted by atomic mass is 16.1. The molecule has 1 aromatic heterocycles. The number of rotatable bonds is 8. The minimum Gasteiger partial charge on any atom is -0.369 e. The second kappa shape index (κ2) is 11.3. The molecule has 3 N–H and O–H groups in total. The largest absolute Gasteiger partial charge is 0.369 e. The van der Waals surface area contributed by atoms with Crippen molar-refractivity contribution in [3.8, 4) is 0 Å². The molecule has 0 atom stereocenters. The molecule has 6 nitrogen and oxygen atoms in total. The second-order valence-electron chi connectivity index (χ2n) is 9.29. The number of aryl methyl sites for hydroxylation is 2. The van der Waals surface area contributed by atoms with Crippen molar-refractivity contribution in [2.75, 3.05) is 11.4 Å². The summed E-state index contributed by atoms with van der Waals surface area (Å²) in [5.74, 6) is -0.229. The fourth-order valence-corrected chi connectivity index (χ4v) is 5.03. The zero-order valence-electron chi connectivity index (χ0n) is 21.2. The number of anilines is 1. The van der Waals surface area contributed by atoms with Crippen LogP contribution < -0.4 is 15.8 Å². The average molecular weight is 463 g/mol. The highest BCUT2D eigenvalue weighted by Gasteiger charge is 2.24. The molecule has 2 aromatic rings. The molecule has 1 aliphatic rings. The molecule has 3 rings (SSSR count). The zero-order chi connectivity index (χ0) is 24.8. The maximum Gasteiger partial charge on any atom is 0.253 e. The number of carbonyl (C=O) groups is 1. The van der Waals surface area contributed by atoms with E-state index in [2.05, 4.69) is 28.2 Å². The summed E-state index contributed by atoms with van der Waals surface area (Å²) in [5.41, 5.74) is 5.64. The van der Waals surface area contributed by atoms with Crippen molar-refractivity contribution >= 4 is 17.3 Å². The minimum atomic E-state index is -0.229. The molecule has 0 saturated heterocycles. The van der Waals surface area contributed by atoms with Crippen LogP contribution in [0.2, 0.25) is 0 Å². The van der Waals surface area contributed by atoms with Crippen molar-refractivity contribution in [2.45, 2.75) is 79.3 Å². The highest BCUT2D eigenvalue weighted by molar-refractivity contribution is 6.09. The standard InChI is InChI=1S/C28H38N4O2/c1-6-11-25(29)21-15-23(27(33)30-17-24-18(3)14-19(4)31-28(24)34)20(5)26(16-21)32(7-2)22-12-9-8-10-13-22/h6,11,14-16,22,29H,7-10,12-13,17H2,1-5H3,(H,30,33)(H,31,34)/b11-6-,29-25?. The Hall–Kier alpha value is -3.15. The van der Waals surface area contributed by atoms with Crippen molar-refractivity contribution in [3.63, 3.8) is 0 Å². The van der Waals surface area contributed by atoms with Gasteiger partial charge in [0.15, 0.2) is 0 Å². The van der Waals surface area contributed by atoms with Gasteiger partial charge in [-0.15, -0.1) is 0 Å². The maximum atomic E-state index is 13.4. The van der Waals surface area contributed by atoms with E-state index < -0.39 is 0 Å². The van der Waals surface area contributed by atoms with E-state index in [9.17, 15) is 9.59 Å². The van der Waals surface area contributed by atoms with E-state index in [1.165, 1.54) is 19.3 Å². The molecule has 1 amide bonds. The number of pyridine rings is 1. The molecule has 0 spiro atoms. The summed E-state index contributed by atoms with van der Waals surface area (Å²) in [7, 11) is 0. The van der Waals surface area contributed by atoms with Gasteiger partial charge in [0.25, 0.3) is 11.5 Å². The number of hydrogen-bond acceptors (Lipinski definition) is 4. The van der Waals surface area contributed by atoms with Gasteiger partial charge in [-0.1, -0.05) is 25.3 Å². The molecule has 0 radical (unpaired) electrons. The van der Waals surface area contributed by atoms with Crippen LogP contribution in [0.15, 0.2) is 35.1 Å². The van der Waals surface area contributed by atoms with Gasteiger partial charge in [0.2, 0.25) is 0 Å².